The highest BCUT2D eigenvalue weighted by Crippen LogP contribution is 2.27. The number of hydrogen-bond acceptors (Lipinski definition) is 5. The van der Waals surface area contributed by atoms with Gasteiger partial charge in [-0.05, 0) is 32.4 Å². The van der Waals surface area contributed by atoms with Gasteiger partial charge in [0.15, 0.2) is 0 Å². The molecule has 0 radical (unpaired) electrons. The molecule has 0 N–H and O–H groups in total. The van der Waals surface area contributed by atoms with Crippen molar-refractivity contribution in [2.75, 3.05) is 0 Å². The topological polar surface area (TPSA) is 51.8 Å². The molecule has 0 aliphatic heterocycles. The van der Waals surface area contributed by atoms with Crippen LogP contribution in [-0.4, -0.2) is 15.1 Å². The molecule has 2 aromatic heterocycles. The summed E-state index contributed by atoms with van der Waals surface area (Å²) in [4.78, 5) is 9.27. The minimum absolute atomic E-state index is 0.550. The molecule has 0 aliphatic rings. The Morgan fingerprint density at radius 2 is 1.69 bits per heavy atom. The Balaban J connectivity index is 1.55. The maximum Gasteiger partial charge on any atom is 0.233 e. The average Bonchev–Trinajstić information content (AvgIpc) is 3.28. The van der Waals surface area contributed by atoms with Crippen molar-refractivity contribution in [3.8, 4) is 22.6 Å². The minimum atomic E-state index is 0.550. The Kier molecular flexibility index (Phi) is 4.39. The van der Waals surface area contributed by atoms with Gasteiger partial charge in [0.2, 0.25) is 11.7 Å². The summed E-state index contributed by atoms with van der Waals surface area (Å²) in [6, 6.07) is 14.5. The smallest absolute Gasteiger partial charge is 0.233 e. The van der Waals surface area contributed by atoms with Crippen LogP contribution < -0.4 is 0 Å². The lowest BCUT2D eigenvalue weighted by molar-refractivity contribution is 0.385. The number of hydrogen-bond donors (Lipinski definition) is 0. The average molecular weight is 361 g/mol. The third kappa shape index (κ3) is 3.44. The summed E-state index contributed by atoms with van der Waals surface area (Å²) >= 11 is 1.62. The summed E-state index contributed by atoms with van der Waals surface area (Å²) in [7, 11) is 0. The lowest BCUT2D eigenvalue weighted by Gasteiger charge is -2.03. The number of rotatable bonds is 4. The van der Waals surface area contributed by atoms with Crippen molar-refractivity contribution in [1.82, 2.24) is 15.1 Å². The maximum absolute atomic E-state index is 5.42. The van der Waals surface area contributed by atoms with E-state index in [-0.39, 0.29) is 0 Å². The molecule has 2 aromatic carbocycles. The molecular weight excluding hydrogens is 342 g/mol. The molecule has 0 saturated heterocycles. The first-order valence-corrected chi connectivity index (χ1v) is 9.38. The van der Waals surface area contributed by atoms with E-state index in [2.05, 4.69) is 54.5 Å². The van der Waals surface area contributed by atoms with E-state index in [0.29, 0.717) is 18.1 Å². The van der Waals surface area contributed by atoms with Crippen LogP contribution in [0.25, 0.3) is 22.6 Å². The monoisotopic (exact) mass is 361 g/mol. The number of benzene rings is 2. The Bertz CT molecular complexity index is 1050. The molecule has 0 unspecified atom stereocenters. The Morgan fingerprint density at radius 3 is 2.50 bits per heavy atom. The van der Waals surface area contributed by atoms with Gasteiger partial charge in [0, 0.05) is 16.5 Å². The first kappa shape index (κ1) is 16.7. The van der Waals surface area contributed by atoms with E-state index < -0.39 is 0 Å². The van der Waals surface area contributed by atoms with Crippen molar-refractivity contribution in [2.45, 2.75) is 27.2 Å². The van der Waals surface area contributed by atoms with Gasteiger partial charge in [0.25, 0.3) is 0 Å². The van der Waals surface area contributed by atoms with Gasteiger partial charge in [-0.1, -0.05) is 52.7 Å². The zero-order valence-electron chi connectivity index (χ0n) is 15.0. The second-order valence-corrected chi connectivity index (χ2v) is 7.44. The molecule has 4 rings (SSSR count). The molecule has 2 heterocycles. The number of nitrogens with zero attached hydrogens (tertiary/aromatic N) is 3. The Morgan fingerprint density at radius 1 is 0.923 bits per heavy atom. The molecule has 5 heteroatoms. The molecule has 0 fully saturated rings. The predicted octanol–water partition coefficient (Wildman–Crippen LogP) is 5.38. The van der Waals surface area contributed by atoms with Crippen molar-refractivity contribution in [1.29, 1.82) is 0 Å². The SMILES string of the molecule is Cc1ccc(-c2noc(Cc3nc(-c4cc(C)ccc4C)cs3)n2)cc1. The fraction of sp³-hybridized carbons (Fsp3) is 0.190. The van der Waals surface area contributed by atoms with Crippen LogP contribution in [0, 0.1) is 20.8 Å². The number of aromatic nitrogens is 3. The fourth-order valence-electron chi connectivity index (χ4n) is 2.80. The highest BCUT2D eigenvalue weighted by Gasteiger charge is 2.13. The van der Waals surface area contributed by atoms with Crippen molar-refractivity contribution in [3.05, 3.63) is 75.4 Å². The van der Waals surface area contributed by atoms with Gasteiger partial charge >= 0.3 is 0 Å². The van der Waals surface area contributed by atoms with Gasteiger partial charge < -0.3 is 4.52 Å². The normalized spacial score (nSPS) is 11.0. The lowest BCUT2D eigenvalue weighted by atomic mass is 10.0. The van der Waals surface area contributed by atoms with Gasteiger partial charge in [-0.15, -0.1) is 11.3 Å². The van der Waals surface area contributed by atoms with Crippen molar-refractivity contribution in [3.63, 3.8) is 0 Å². The molecule has 130 valence electrons. The largest absolute Gasteiger partial charge is 0.339 e. The molecular formula is C21H19N3OS. The van der Waals surface area contributed by atoms with Gasteiger partial charge in [-0.25, -0.2) is 4.98 Å². The molecule has 0 aliphatic carbocycles. The van der Waals surface area contributed by atoms with Crippen molar-refractivity contribution >= 4 is 11.3 Å². The number of thiazole rings is 1. The summed E-state index contributed by atoms with van der Waals surface area (Å²) < 4.78 is 5.42. The first-order valence-electron chi connectivity index (χ1n) is 8.50. The lowest BCUT2D eigenvalue weighted by Crippen LogP contribution is -1.90. The number of aryl methyl sites for hydroxylation is 3. The van der Waals surface area contributed by atoms with Gasteiger partial charge in [-0.3, -0.25) is 0 Å². The van der Waals surface area contributed by atoms with Gasteiger partial charge in [0.1, 0.15) is 5.01 Å². The van der Waals surface area contributed by atoms with E-state index in [1.165, 1.54) is 22.3 Å². The molecule has 4 nitrogen and oxygen atoms in total. The summed E-state index contributed by atoms with van der Waals surface area (Å²) in [6.45, 7) is 6.27. The standard InChI is InChI=1S/C21H19N3OS/c1-13-5-8-16(9-6-13)21-23-19(25-24-21)11-20-22-18(12-26-20)17-10-14(2)4-7-15(17)3/h4-10,12H,11H2,1-3H3. The Labute approximate surface area is 156 Å². The first-order chi connectivity index (χ1) is 12.6. The third-order valence-electron chi connectivity index (χ3n) is 4.30. The van der Waals surface area contributed by atoms with Crippen LogP contribution in [-0.2, 0) is 6.42 Å². The summed E-state index contributed by atoms with van der Waals surface area (Å²) in [5.41, 5.74) is 6.81. The van der Waals surface area contributed by atoms with E-state index >= 15 is 0 Å². The minimum Gasteiger partial charge on any atom is -0.339 e. The van der Waals surface area contributed by atoms with Crippen LogP contribution in [0.2, 0.25) is 0 Å². The molecule has 0 amide bonds. The van der Waals surface area contributed by atoms with Crippen LogP contribution in [0.3, 0.4) is 0 Å². The third-order valence-corrected chi connectivity index (χ3v) is 5.15. The van der Waals surface area contributed by atoms with Crippen molar-refractivity contribution < 1.29 is 4.52 Å². The van der Waals surface area contributed by atoms with Crippen LogP contribution in [0.15, 0.2) is 52.4 Å². The zero-order valence-corrected chi connectivity index (χ0v) is 15.8. The molecule has 26 heavy (non-hydrogen) atoms. The fourth-order valence-corrected chi connectivity index (χ4v) is 3.59. The maximum atomic E-state index is 5.42. The Hall–Kier alpha value is -2.79. The highest BCUT2D eigenvalue weighted by atomic mass is 32.1. The summed E-state index contributed by atoms with van der Waals surface area (Å²) in [5, 5.41) is 7.16. The molecule has 0 spiro atoms. The molecule has 4 aromatic rings. The predicted molar refractivity (Wildman–Crippen MR) is 104 cm³/mol. The van der Waals surface area contributed by atoms with E-state index in [1.54, 1.807) is 11.3 Å². The second kappa shape index (κ2) is 6.84. The summed E-state index contributed by atoms with van der Waals surface area (Å²) in [5.74, 6) is 1.20. The second-order valence-electron chi connectivity index (χ2n) is 6.50. The zero-order chi connectivity index (χ0) is 18.1. The van der Waals surface area contributed by atoms with Crippen LogP contribution in [0.4, 0.5) is 0 Å². The van der Waals surface area contributed by atoms with Crippen LogP contribution in [0.5, 0.6) is 0 Å². The van der Waals surface area contributed by atoms with Crippen LogP contribution >= 0.6 is 11.3 Å². The van der Waals surface area contributed by atoms with E-state index in [0.717, 1.165) is 16.3 Å². The quantitative estimate of drug-likeness (QED) is 0.490. The van der Waals surface area contributed by atoms with E-state index in [9.17, 15) is 0 Å². The molecule has 0 atom stereocenters. The van der Waals surface area contributed by atoms with Crippen molar-refractivity contribution in [2.24, 2.45) is 0 Å². The molecule has 0 bridgehead atoms. The highest BCUT2D eigenvalue weighted by molar-refractivity contribution is 7.10. The summed E-state index contributed by atoms with van der Waals surface area (Å²) in [6.07, 6.45) is 0.550. The van der Waals surface area contributed by atoms with Gasteiger partial charge in [-0.2, -0.15) is 4.98 Å². The van der Waals surface area contributed by atoms with E-state index in [4.69, 9.17) is 9.51 Å². The van der Waals surface area contributed by atoms with Gasteiger partial charge in [0.05, 0.1) is 12.1 Å². The van der Waals surface area contributed by atoms with E-state index in [1.807, 2.05) is 24.3 Å². The molecule has 0 saturated carbocycles. The van der Waals surface area contributed by atoms with Crippen LogP contribution in [0.1, 0.15) is 27.6 Å².